The van der Waals surface area contributed by atoms with Crippen molar-refractivity contribution in [3.63, 3.8) is 0 Å². The zero-order valence-corrected chi connectivity index (χ0v) is 13.0. The van der Waals surface area contributed by atoms with E-state index in [-0.39, 0.29) is 6.04 Å². The fourth-order valence-corrected chi connectivity index (χ4v) is 3.04. The van der Waals surface area contributed by atoms with Crippen LogP contribution in [-0.2, 0) is 19.3 Å². The Balaban J connectivity index is 1.57. The zero-order chi connectivity index (χ0) is 16.4. The Morgan fingerprint density at radius 1 is 1.22 bits per heavy atom. The molecule has 0 aromatic carbocycles. The SMILES string of the molecule is CCn1nccc1CN1CCC(n2ccc(C(F)(F)F)n2)CC1. The van der Waals surface area contributed by atoms with E-state index >= 15 is 0 Å². The van der Waals surface area contributed by atoms with Crippen molar-refractivity contribution in [2.75, 3.05) is 13.1 Å². The number of aryl methyl sites for hydroxylation is 1. The minimum atomic E-state index is -4.37. The molecule has 0 bridgehead atoms. The first kappa shape index (κ1) is 16.0. The number of likely N-dealkylation sites (tertiary alicyclic amines) is 1. The largest absolute Gasteiger partial charge is 0.435 e. The maximum Gasteiger partial charge on any atom is 0.435 e. The molecule has 1 aliphatic heterocycles. The topological polar surface area (TPSA) is 38.9 Å². The molecule has 2 aromatic rings. The summed E-state index contributed by atoms with van der Waals surface area (Å²) in [6.07, 6.45) is 0.478. The molecule has 3 heterocycles. The molecule has 0 aliphatic carbocycles. The molecule has 0 unspecified atom stereocenters. The third-order valence-corrected chi connectivity index (χ3v) is 4.32. The summed E-state index contributed by atoms with van der Waals surface area (Å²) in [5, 5.41) is 7.95. The molecule has 1 fully saturated rings. The Kier molecular flexibility index (Phi) is 4.43. The van der Waals surface area contributed by atoms with Gasteiger partial charge in [0.25, 0.3) is 0 Å². The molecule has 0 atom stereocenters. The highest BCUT2D eigenvalue weighted by atomic mass is 19.4. The Bertz CT molecular complexity index is 638. The summed E-state index contributed by atoms with van der Waals surface area (Å²) in [7, 11) is 0. The lowest BCUT2D eigenvalue weighted by atomic mass is 10.1. The monoisotopic (exact) mass is 327 g/mol. The number of alkyl halides is 3. The van der Waals surface area contributed by atoms with Crippen molar-refractivity contribution in [1.82, 2.24) is 24.5 Å². The second kappa shape index (κ2) is 6.35. The highest BCUT2D eigenvalue weighted by Crippen LogP contribution is 2.29. The minimum Gasteiger partial charge on any atom is -0.297 e. The number of hydrogen-bond acceptors (Lipinski definition) is 3. The third kappa shape index (κ3) is 3.57. The van der Waals surface area contributed by atoms with E-state index in [2.05, 4.69) is 22.0 Å². The number of nitrogens with zero attached hydrogens (tertiary/aromatic N) is 5. The summed E-state index contributed by atoms with van der Waals surface area (Å²) < 4.78 is 41.3. The molecule has 0 radical (unpaired) electrons. The lowest BCUT2D eigenvalue weighted by Gasteiger charge is -2.32. The predicted octanol–water partition coefficient (Wildman–Crippen LogP) is 2.96. The summed E-state index contributed by atoms with van der Waals surface area (Å²) in [5.74, 6) is 0. The maximum absolute atomic E-state index is 12.6. The fourth-order valence-electron chi connectivity index (χ4n) is 3.04. The standard InChI is InChI=1S/C15H20F3N5/c1-2-22-13(3-7-19-22)11-21-8-4-12(5-9-21)23-10-6-14(20-23)15(16,17)18/h3,6-7,10,12H,2,4-5,8-9,11H2,1H3. The van der Waals surface area contributed by atoms with E-state index in [4.69, 9.17) is 0 Å². The van der Waals surface area contributed by atoms with Crippen LogP contribution in [0, 0.1) is 0 Å². The van der Waals surface area contributed by atoms with Gasteiger partial charge in [0.15, 0.2) is 5.69 Å². The third-order valence-electron chi connectivity index (χ3n) is 4.32. The van der Waals surface area contributed by atoms with Gasteiger partial charge in [0.05, 0.1) is 11.7 Å². The first-order chi connectivity index (χ1) is 11.0. The minimum absolute atomic E-state index is 0.0402. The molecule has 2 aromatic heterocycles. The Hall–Kier alpha value is -1.83. The average Bonchev–Trinajstić information content (AvgIpc) is 3.16. The van der Waals surface area contributed by atoms with Gasteiger partial charge in [-0.25, -0.2) is 0 Å². The van der Waals surface area contributed by atoms with Gasteiger partial charge in [-0.3, -0.25) is 14.3 Å². The van der Waals surface area contributed by atoms with Crippen molar-refractivity contribution >= 4 is 0 Å². The molecule has 0 N–H and O–H groups in total. The Morgan fingerprint density at radius 3 is 2.57 bits per heavy atom. The summed E-state index contributed by atoms with van der Waals surface area (Å²) in [6, 6.07) is 3.10. The number of halogens is 3. The lowest BCUT2D eigenvalue weighted by molar-refractivity contribution is -0.141. The first-order valence-electron chi connectivity index (χ1n) is 7.82. The smallest absolute Gasteiger partial charge is 0.297 e. The summed E-state index contributed by atoms with van der Waals surface area (Å²) in [6.45, 7) is 5.42. The Labute approximate surface area is 132 Å². The maximum atomic E-state index is 12.6. The van der Waals surface area contributed by atoms with Crippen LogP contribution in [0.2, 0.25) is 0 Å². The normalized spacial score (nSPS) is 17.7. The van der Waals surface area contributed by atoms with Gasteiger partial charge < -0.3 is 0 Å². The molecule has 3 rings (SSSR count). The average molecular weight is 327 g/mol. The van der Waals surface area contributed by atoms with E-state index in [1.165, 1.54) is 16.6 Å². The van der Waals surface area contributed by atoms with Gasteiger partial charge in [-0.05, 0) is 31.9 Å². The fraction of sp³-hybridized carbons (Fsp3) is 0.600. The first-order valence-corrected chi connectivity index (χ1v) is 7.82. The number of piperidine rings is 1. The van der Waals surface area contributed by atoms with Crippen molar-refractivity contribution in [1.29, 1.82) is 0 Å². The zero-order valence-electron chi connectivity index (χ0n) is 13.0. The van der Waals surface area contributed by atoms with Crippen molar-refractivity contribution < 1.29 is 13.2 Å². The van der Waals surface area contributed by atoms with Crippen molar-refractivity contribution in [3.8, 4) is 0 Å². The lowest BCUT2D eigenvalue weighted by Crippen LogP contribution is -2.35. The van der Waals surface area contributed by atoms with Gasteiger partial charge in [0.1, 0.15) is 0 Å². The van der Waals surface area contributed by atoms with Crippen LogP contribution in [-0.4, -0.2) is 37.6 Å². The van der Waals surface area contributed by atoms with E-state index in [9.17, 15) is 13.2 Å². The summed E-state index contributed by atoms with van der Waals surface area (Å²) in [5.41, 5.74) is 0.358. The van der Waals surface area contributed by atoms with Gasteiger partial charge in [-0.2, -0.15) is 23.4 Å². The van der Waals surface area contributed by atoms with Crippen molar-refractivity contribution in [3.05, 3.63) is 35.9 Å². The van der Waals surface area contributed by atoms with Crippen LogP contribution < -0.4 is 0 Å². The molecule has 0 spiro atoms. The number of hydrogen-bond donors (Lipinski definition) is 0. The van der Waals surface area contributed by atoms with Crippen LogP contribution in [0.1, 0.15) is 37.2 Å². The summed E-state index contributed by atoms with van der Waals surface area (Å²) >= 11 is 0. The van der Waals surface area contributed by atoms with E-state index in [0.29, 0.717) is 0 Å². The van der Waals surface area contributed by atoms with Gasteiger partial charge in [0.2, 0.25) is 0 Å². The predicted molar refractivity (Wildman–Crippen MR) is 78.7 cm³/mol. The second-order valence-corrected chi connectivity index (χ2v) is 5.82. The van der Waals surface area contributed by atoms with Crippen LogP contribution in [0.25, 0.3) is 0 Å². The van der Waals surface area contributed by atoms with E-state index in [1.54, 1.807) is 6.20 Å². The van der Waals surface area contributed by atoms with E-state index in [1.807, 2.05) is 10.7 Å². The van der Waals surface area contributed by atoms with Gasteiger partial charge in [-0.15, -0.1) is 0 Å². The molecular weight excluding hydrogens is 307 g/mol. The highest BCUT2D eigenvalue weighted by molar-refractivity contribution is 5.04. The van der Waals surface area contributed by atoms with Crippen LogP contribution in [0.5, 0.6) is 0 Å². The van der Waals surface area contributed by atoms with Gasteiger partial charge in [0, 0.05) is 38.6 Å². The molecule has 8 heteroatoms. The van der Waals surface area contributed by atoms with Crippen LogP contribution >= 0.6 is 0 Å². The van der Waals surface area contributed by atoms with Crippen molar-refractivity contribution in [2.45, 2.75) is 45.1 Å². The quantitative estimate of drug-likeness (QED) is 0.867. The molecular formula is C15H20F3N5. The summed E-state index contributed by atoms with van der Waals surface area (Å²) in [4.78, 5) is 2.31. The van der Waals surface area contributed by atoms with Gasteiger partial charge in [-0.1, -0.05) is 0 Å². The number of rotatable bonds is 4. The molecule has 1 aliphatic rings. The molecule has 0 amide bonds. The molecule has 23 heavy (non-hydrogen) atoms. The van der Waals surface area contributed by atoms with Gasteiger partial charge >= 0.3 is 6.18 Å². The van der Waals surface area contributed by atoms with E-state index in [0.717, 1.165) is 45.1 Å². The Morgan fingerprint density at radius 2 is 1.96 bits per heavy atom. The highest BCUT2D eigenvalue weighted by Gasteiger charge is 2.34. The molecule has 0 saturated carbocycles. The second-order valence-electron chi connectivity index (χ2n) is 5.82. The van der Waals surface area contributed by atoms with Crippen molar-refractivity contribution in [2.24, 2.45) is 0 Å². The number of aromatic nitrogens is 4. The molecule has 1 saturated heterocycles. The van der Waals surface area contributed by atoms with E-state index < -0.39 is 11.9 Å². The van der Waals surface area contributed by atoms with Crippen LogP contribution in [0.3, 0.4) is 0 Å². The molecule has 126 valence electrons. The van der Waals surface area contributed by atoms with Crippen LogP contribution in [0.4, 0.5) is 13.2 Å². The molecule has 5 nitrogen and oxygen atoms in total. The van der Waals surface area contributed by atoms with Crippen LogP contribution in [0.15, 0.2) is 24.5 Å².